The van der Waals surface area contributed by atoms with E-state index in [1.807, 2.05) is 0 Å². The van der Waals surface area contributed by atoms with Crippen LogP contribution in [0.15, 0.2) is 12.1 Å². The summed E-state index contributed by atoms with van der Waals surface area (Å²) in [7, 11) is 0. The second-order valence-corrected chi connectivity index (χ2v) is 14.0. The molecule has 0 spiro atoms. The zero-order chi connectivity index (χ0) is 37.3. The van der Waals surface area contributed by atoms with Gasteiger partial charge in [-0.25, -0.2) is 19.2 Å². The van der Waals surface area contributed by atoms with Gasteiger partial charge in [0.25, 0.3) is 0 Å². The molecule has 50 heavy (non-hydrogen) atoms. The first-order chi connectivity index (χ1) is 24.1. The maximum atomic E-state index is 13.7. The van der Waals surface area contributed by atoms with Crippen molar-refractivity contribution in [3.05, 3.63) is 34.4 Å². The van der Waals surface area contributed by atoms with Crippen molar-refractivity contribution in [1.29, 1.82) is 0 Å². The second kappa shape index (κ2) is 26.8. The highest BCUT2D eigenvalue weighted by Gasteiger charge is 2.30. The Morgan fingerprint density at radius 2 is 0.600 bits per heavy atom. The molecule has 0 aliphatic heterocycles. The van der Waals surface area contributed by atoms with Crippen molar-refractivity contribution in [2.24, 2.45) is 23.7 Å². The van der Waals surface area contributed by atoms with Crippen molar-refractivity contribution in [3.63, 3.8) is 0 Å². The largest absolute Gasteiger partial charge is 0.462 e. The third kappa shape index (κ3) is 16.4. The minimum Gasteiger partial charge on any atom is -0.462 e. The van der Waals surface area contributed by atoms with E-state index < -0.39 is 23.9 Å². The van der Waals surface area contributed by atoms with Crippen molar-refractivity contribution in [2.75, 3.05) is 26.4 Å². The van der Waals surface area contributed by atoms with Crippen LogP contribution in [0.2, 0.25) is 0 Å². The molecule has 0 radical (unpaired) electrons. The molecule has 4 atom stereocenters. The molecule has 8 heteroatoms. The Balaban J connectivity index is 3.65. The number of benzene rings is 1. The fourth-order valence-electron chi connectivity index (χ4n) is 5.95. The smallest absolute Gasteiger partial charge is 0.339 e. The first kappa shape index (κ1) is 45.1. The quantitative estimate of drug-likeness (QED) is 0.0627. The minimum atomic E-state index is -0.737. The summed E-state index contributed by atoms with van der Waals surface area (Å²) in [5.41, 5.74) is -0.452. The van der Waals surface area contributed by atoms with Gasteiger partial charge in [0, 0.05) is 0 Å². The first-order valence-corrected chi connectivity index (χ1v) is 20.0. The highest BCUT2D eigenvalue weighted by molar-refractivity contribution is 6.10. The number of carbonyl (C=O) groups excluding carboxylic acids is 4. The fraction of sp³-hybridized carbons (Fsp3) is 0.762. The zero-order valence-electron chi connectivity index (χ0n) is 32.9. The van der Waals surface area contributed by atoms with Crippen LogP contribution in [0.1, 0.15) is 200 Å². The van der Waals surface area contributed by atoms with E-state index in [4.69, 9.17) is 18.9 Å². The first-order valence-electron chi connectivity index (χ1n) is 20.0. The second-order valence-electron chi connectivity index (χ2n) is 14.0. The molecule has 0 bridgehead atoms. The van der Waals surface area contributed by atoms with Gasteiger partial charge in [-0.05, 0) is 61.5 Å². The number of unbranched alkanes of at least 4 members (excludes halogenated alkanes) is 4. The Morgan fingerprint density at radius 3 is 0.760 bits per heavy atom. The predicted octanol–water partition coefficient (Wildman–Crippen LogP) is 11.2. The van der Waals surface area contributed by atoms with Crippen LogP contribution < -0.4 is 0 Å². The molecule has 1 rings (SSSR count). The van der Waals surface area contributed by atoms with Crippen molar-refractivity contribution < 1.29 is 38.1 Å². The summed E-state index contributed by atoms with van der Waals surface area (Å²) in [6.45, 7) is 17.5. The molecule has 0 N–H and O–H groups in total. The van der Waals surface area contributed by atoms with Gasteiger partial charge in [0.15, 0.2) is 0 Å². The maximum absolute atomic E-state index is 13.7. The van der Waals surface area contributed by atoms with E-state index in [0.717, 1.165) is 103 Å². The lowest BCUT2D eigenvalue weighted by molar-refractivity contribution is 0.0365. The van der Waals surface area contributed by atoms with Gasteiger partial charge in [0.2, 0.25) is 0 Å². The fourth-order valence-corrected chi connectivity index (χ4v) is 5.95. The highest BCUT2D eigenvalue weighted by atomic mass is 16.5. The lowest BCUT2D eigenvalue weighted by Gasteiger charge is -2.20. The van der Waals surface area contributed by atoms with E-state index in [-0.39, 0.29) is 72.4 Å². The monoisotopic (exact) mass is 703 g/mol. The van der Waals surface area contributed by atoms with Crippen LogP contribution in [0.5, 0.6) is 0 Å². The Morgan fingerprint density at radius 1 is 0.400 bits per heavy atom. The van der Waals surface area contributed by atoms with E-state index in [0.29, 0.717) is 0 Å². The van der Waals surface area contributed by atoms with Crippen LogP contribution in [0.25, 0.3) is 0 Å². The topological polar surface area (TPSA) is 105 Å². The van der Waals surface area contributed by atoms with Crippen LogP contribution in [-0.4, -0.2) is 50.3 Å². The summed E-state index contributed by atoms with van der Waals surface area (Å²) >= 11 is 0. The van der Waals surface area contributed by atoms with E-state index in [1.165, 1.54) is 12.1 Å². The van der Waals surface area contributed by atoms with Crippen LogP contribution in [0, 0.1) is 23.7 Å². The third-order valence-corrected chi connectivity index (χ3v) is 10.0. The van der Waals surface area contributed by atoms with Gasteiger partial charge < -0.3 is 18.9 Å². The van der Waals surface area contributed by atoms with Crippen molar-refractivity contribution in [3.8, 4) is 0 Å². The molecule has 0 aliphatic carbocycles. The van der Waals surface area contributed by atoms with E-state index >= 15 is 0 Å². The van der Waals surface area contributed by atoms with E-state index in [1.54, 1.807) is 0 Å². The average molecular weight is 703 g/mol. The van der Waals surface area contributed by atoms with Gasteiger partial charge in [-0.1, -0.05) is 132 Å². The molecule has 8 nitrogen and oxygen atoms in total. The molecule has 0 saturated heterocycles. The van der Waals surface area contributed by atoms with Gasteiger partial charge in [0.05, 0.1) is 48.7 Å². The van der Waals surface area contributed by atoms with Crippen molar-refractivity contribution in [1.82, 2.24) is 0 Å². The Kier molecular flexibility index (Phi) is 24.2. The molecule has 1 aromatic carbocycles. The summed E-state index contributed by atoms with van der Waals surface area (Å²) in [4.78, 5) is 55.0. The maximum Gasteiger partial charge on any atom is 0.339 e. The normalized spacial score (nSPS) is 13.6. The molecule has 1 aromatic rings. The Labute approximate surface area is 304 Å². The molecular weight excluding hydrogens is 632 g/mol. The Hall–Kier alpha value is -2.90. The number of carbonyl (C=O) groups is 4. The summed E-state index contributed by atoms with van der Waals surface area (Å²) in [5, 5.41) is 0. The van der Waals surface area contributed by atoms with E-state index in [9.17, 15) is 19.2 Å². The Bertz CT molecular complexity index is 959. The van der Waals surface area contributed by atoms with Crippen LogP contribution in [0.4, 0.5) is 0 Å². The van der Waals surface area contributed by atoms with Crippen LogP contribution in [-0.2, 0) is 18.9 Å². The van der Waals surface area contributed by atoms with Gasteiger partial charge in [-0.15, -0.1) is 0 Å². The molecule has 4 unspecified atom stereocenters. The lowest BCUT2D eigenvalue weighted by atomic mass is 9.96. The summed E-state index contributed by atoms with van der Waals surface area (Å²) in [5.74, 6) is -2.26. The lowest BCUT2D eigenvalue weighted by Crippen LogP contribution is -2.24. The van der Waals surface area contributed by atoms with Crippen LogP contribution >= 0.6 is 0 Å². The highest BCUT2D eigenvalue weighted by Crippen LogP contribution is 2.25. The number of rotatable bonds is 28. The molecule has 0 fully saturated rings. The number of hydrogen-bond acceptors (Lipinski definition) is 8. The van der Waals surface area contributed by atoms with Gasteiger partial charge in [0.1, 0.15) is 0 Å². The SMILES string of the molecule is CCCCC(CC)COC(=O)c1cc(C(=O)OCC(CC)CCCC)c(C(=O)OCC(CC)CCCC)cc1C(=O)OCC(CC)CCCC. The van der Waals surface area contributed by atoms with Gasteiger partial charge in [-0.3, -0.25) is 0 Å². The average Bonchev–Trinajstić information content (AvgIpc) is 3.14. The summed E-state index contributed by atoms with van der Waals surface area (Å²) < 4.78 is 23.1. The van der Waals surface area contributed by atoms with E-state index in [2.05, 4.69) is 55.4 Å². The summed E-state index contributed by atoms with van der Waals surface area (Å²) in [6, 6.07) is 2.56. The standard InChI is InChI=1S/C42H70O8/c1-9-17-21-31(13-5)27-47-39(43)35-25-37(41(45)49-29-33(15-7)23-19-11-3)38(42(46)50-30-34(16-8)24-20-12-4)26-36(35)40(44)48-28-32(14-6)22-18-10-2/h25-26,31-34H,9-24,27-30H2,1-8H3. The van der Waals surface area contributed by atoms with Crippen molar-refractivity contribution >= 4 is 23.9 Å². The third-order valence-electron chi connectivity index (χ3n) is 10.0. The molecule has 286 valence electrons. The summed E-state index contributed by atoms with van der Waals surface area (Å²) in [6.07, 6.45) is 15.3. The van der Waals surface area contributed by atoms with Crippen molar-refractivity contribution in [2.45, 2.75) is 158 Å². The van der Waals surface area contributed by atoms with Crippen LogP contribution in [0.3, 0.4) is 0 Å². The molecular formula is C42H70O8. The predicted molar refractivity (Wildman–Crippen MR) is 201 cm³/mol. The zero-order valence-corrected chi connectivity index (χ0v) is 32.9. The minimum absolute atomic E-state index is 0.113. The molecule has 0 heterocycles. The number of ether oxygens (including phenoxy) is 4. The molecule has 0 aliphatic rings. The number of hydrogen-bond donors (Lipinski definition) is 0. The van der Waals surface area contributed by atoms with Gasteiger partial charge in [-0.2, -0.15) is 0 Å². The molecule has 0 saturated carbocycles. The molecule has 0 amide bonds. The molecule has 0 aromatic heterocycles. The van der Waals surface area contributed by atoms with Gasteiger partial charge >= 0.3 is 23.9 Å². The number of esters is 4.